The minimum absolute atomic E-state index is 0.176. The van der Waals surface area contributed by atoms with Gasteiger partial charge in [-0.1, -0.05) is 0 Å². The molecule has 0 atom stereocenters. The van der Waals surface area contributed by atoms with E-state index in [1.54, 1.807) is 0 Å². The van der Waals surface area contributed by atoms with Crippen LogP contribution in [0.15, 0.2) is 24.0 Å². The molecule has 0 aliphatic heterocycles. The van der Waals surface area contributed by atoms with E-state index in [4.69, 9.17) is 4.74 Å². The van der Waals surface area contributed by atoms with Gasteiger partial charge in [-0.3, -0.25) is 9.59 Å². The molecule has 0 aromatic heterocycles. The number of rotatable bonds is 3. The van der Waals surface area contributed by atoms with Gasteiger partial charge in [0.1, 0.15) is 0 Å². The van der Waals surface area contributed by atoms with Gasteiger partial charge in [-0.05, 0) is 30.9 Å². The van der Waals surface area contributed by atoms with Gasteiger partial charge >= 0.3 is 0 Å². The molecule has 0 heterocycles. The van der Waals surface area contributed by atoms with E-state index in [-0.39, 0.29) is 17.3 Å². The summed E-state index contributed by atoms with van der Waals surface area (Å²) in [5.41, 5.74) is 0. The lowest BCUT2D eigenvalue weighted by molar-refractivity contribution is -0.117. The second-order valence-corrected chi connectivity index (χ2v) is 3.36. The van der Waals surface area contributed by atoms with Crippen molar-refractivity contribution >= 4 is 11.6 Å². The van der Waals surface area contributed by atoms with Crippen LogP contribution in [-0.2, 0) is 14.3 Å². The molecule has 1 saturated carbocycles. The van der Waals surface area contributed by atoms with Crippen molar-refractivity contribution in [1.82, 2.24) is 0 Å². The molecule has 2 aliphatic carbocycles. The van der Waals surface area contributed by atoms with E-state index in [1.165, 1.54) is 31.1 Å². The van der Waals surface area contributed by atoms with Crippen LogP contribution < -0.4 is 0 Å². The monoisotopic (exact) mass is 178 g/mol. The van der Waals surface area contributed by atoms with Crippen molar-refractivity contribution in [1.29, 1.82) is 0 Å². The van der Waals surface area contributed by atoms with Gasteiger partial charge in [0.05, 0.1) is 6.61 Å². The highest BCUT2D eigenvalue weighted by molar-refractivity contribution is 6.16. The zero-order valence-electron chi connectivity index (χ0n) is 7.16. The summed E-state index contributed by atoms with van der Waals surface area (Å²) in [4.78, 5) is 22.0. The first kappa shape index (κ1) is 8.23. The van der Waals surface area contributed by atoms with E-state index in [9.17, 15) is 9.59 Å². The van der Waals surface area contributed by atoms with Crippen molar-refractivity contribution in [2.75, 3.05) is 6.61 Å². The molecular formula is C10H10O3. The predicted octanol–water partition coefficient (Wildman–Crippen LogP) is 1.00. The maximum absolute atomic E-state index is 11.1. The van der Waals surface area contributed by atoms with Gasteiger partial charge in [-0.2, -0.15) is 0 Å². The Balaban J connectivity index is 1.95. The standard InChI is InChI=1S/C10H10O3/c11-8-3-4-9(12)10(5-8)13-6-7-1-2-7/h3-5,7H,1-2,6H2. The highest BCUT2D eigenvalue weighted by atomic mass is 16.5. The molecule has 0 N–H and O–H groups in total. The van der Waals surface area contributed by atoms with Crippen molar-refractivity contribution < 1.29 is 14.3 Å². The summed E-state index contributed by atoms with van der Waals surface area (Å²) in [6, 6.07) is 0. The van der Waals surface area contributed by atoms with Gasteiger partial charge in [-0.15, -0.1) is 0 Å². The van der Waals surface area contributed by atoms with Crippen molar-refractivity contribution in [3.63, 3.8) is 0 Å². The number of ketones is 2. The van der Waals surface area contributed by atoms with Crippen LogP contribution in [0, 0.1) is 5.92 Å². The molecule has 0 aromatic carbocycles. The second kappa shape index (κ2) is 3.17. The van der Waals surface area contributed by atoms with Crippen molar-refractivity contribution in [2.24, 2.45) is 5.92 Å². The van der Waals surface area contributed by atoms with Crippen LogP contribution in [0.5, 0.6) is 0 Å². The average Bonchev–Trinajstić information content (AvgIpc) is 2.90. The minimum Gasteiger partial charge on any atom is -0.489 e. The van der Waals surface area contributed by atoms with Gasteiger partial charge in [0.25, 0.3) is 0 Å². The molecule has 68 valence electrons. The third-order valence-corrected chi connectivity index (χ3v) is 2.09. The van der Waals surface area contributed by atoms with Gasteiger partial charge < -0.3 is 4.74 Å². The molecule has 0 saturated heterocycles. The Hall–Kier alpha value is -1.38. The quantitative estimate of drug-likeness (QED) is 0.605. The van der Waals surface area contributed by atoms with Crippen LogP contribution in [0.3, 0.4) is 0 Å². The summed E-state index contributed by atoms with van der Waals surface area (Å²) in [5.74, 6) is 0.403. The zero-order chi connectivity index (χ0) is 9.26. The van der Waals surface area contributed by atoms with E-state index in [1.807, 2.05) is 0 Å². The van der Waals surface area contributed by atoms with E-state index >= 15 is 0 Å². The van der Waals surface area contributed by atoms with Crippen LogP contribution in [-0.4, -0.2) is 18.2 Å². The molecule has 0 spiro atoms. The summed E-state index contributed by atoms with van der Waals surface area (Å²) >= 11 is 0. The molecule has 2 aliphatic rings. The Labute approximate surface area is 76.1 Å². The molecule has 3 heteroatoms. The number of hydrogen-bond acceptors (Lipinski definition) is 3. The largest absolute Gasteiger partial charge is 0.489 e. The molecule has 0 amide bonds. The SMILES string of the molecule is O=C1C=CC(=O)C(OCC2CC2)=C1. The van der Waals surface area contributed by atoms with E-state index in [0.29, 0.717) is 12.5 Å². The van der Waals surface area contributed by atoms with Gasteiger partial charge in [0.2, 0.25) is 5.78 Å². The Morgan fingerprint density at radius 2 is 2.08 bits per heavy atom. The van der Waals surface area contributed by atoms with Gasteiger partial charge in [0.15, 0.2) is 11.5 Å². The van der Waals surface area contributed by atoms with Gasteiger partial charge in [0, 0.05) is 6.08 Å². The first-order chi connectivity index (χ1) is 6.25. The Morgan fingerprint density at radius 3 is 2.77 bits per heavy atom. The second-order valence-electron chi connectivity index (χ2n) is 3.36. The lowest BCUT2D eigenvalue weighted by atomic mass is 10.1. The Morgan fingerprint density at radius 1 is 1.31 bits per heavy atom. The predicted molar refractivity (Wildman–Crippen MR) is 45.9 cm³/mol. The van der Waals surface area contributed by atoms with Crippen molar-refractivity contribution in [2.45, 2.75) is 12.8 Å². The minimum atomic E-state index is -0.208. The Kier molecular flexibility index (Phi) is 2.00. The molecule has 0 bridgehead atoms. The highest BCUT2D eigenvalue weighted by Gasteiger charge is 2.24. The van der Waals surface area contributed by atoms with Crippen LogP contribution in [0.4, 0.5) is 0 Å². The Bertz CT molecular complexity index is 308. The lowest BCUT2D eigenvalue weighted by Gasteiger charge is -2.08. The molecule has 2 rings (SSSR count). The summed E-state index contributed by atoms with van der Waals surface area (Å²) in [6.07, 6.45) is 6.11. The third-order valence-electron chi connectivity index (χ3n) is 2.09. The number of allylic oxidation sites excluding steroid dienone is 3. The first-order valence-corrected chi connectivity index (χ1v) is 4.36. The number of ether oxygens (including phenoxy) is 1. The fraction of sp³-hybridized carbons (Fsp3) is 0.400. The summed E-state index contributed by atoms with van der Waals surface area (Å²) in [7, 11) is 0. The molecule has 3 nitrogen and oxygen atoms in total. The maximum Gasteiger partial charge on any atom is 0.220 e. The lowest BCUT2D eigenvalue weighted by Crippen LogP contribution is -2.11. The molecule has 0 aromatic rings. The van der Waals surface area contributed by atoms with E-state index in [0.717, 1.165) is 0 Å². The number of carbonyl (C=O) groups is 2. The first-order valence-electron chi connectivity index (χ1n) is 4.36. The average molecular weight is 178 g/mol. The fourth-order valence-electron chi connectivity index (χ4n) is 1.09. The van der Waals surface area contributed by atoms with Crippen LogP contribution in [0.1, 0.15) is 12.8 Å². The molecule has 13 heavy (non-hydrogen) atoms. The smallest absolute Gasteiger partial charge is 0.220 e. The highest BCUT2D eigenvalue weighted by Crippen LogP contribution is 2.29. The third kappa shape index (κ3) is 2.05. The molecule has 1 fully saturated rings. The number of carbonyl (C=O) groups excluding carboxylic acids is 2. The fourth-order valence-corrected chi connectivity index (χ4v) is 1.09. The van der Waals surface area contributed by atoms with Crippen LogP contribution in [0.2, 0.25) is 0 Å². The molecule has 0 radical (unpaired) electrons. The number of hydrogen-bond donors (Lipinski definition) is 0. The van der Waals surface area contributed by atoms with Gasteiger partial charge in [-0.25, -0.2) is 0 Å². The summed E-state index contributed by atoms with van der Waals surface area (Å²) < 4.78 is 5.23. The topological polar surface area (TPSA) is 43.4 Å². The van der Waals surface area contributed by atoms with E-state index < -0.39 is 0 Å². The summed E-state index contributed by atoms with van der Waals surface area (Å²) in [6.45, 7) is 0.568. The molecule has 0 unspecified atom stereocenters. The van der Waals surface area contributed by atoms with Crippen molar-refractivity contribution in [3.8, 4) is 0 Å². The van der Waals surface area contributed by atoms with Crippen LogP contribution in [0.25, 0.3) is 0 Å². The maximum atomic E-state index is 11.1. The van der Waals surface area contributed by atoms with Crippen LogP contribution >= 0.6 is 0 Å². The summed E-state index contributed by atoms with van der Waals surface area (Å²) in [5, 5.41) is 0. The van der Waals surface area contributed by atoms with E-state index in [2.05, 4.69) is 0 Å². The zero-order valence-corrected chi connectivity index (χ0v) is 7.16. The normalized spacial score (nSPS) is 21.7. The molecular weight excluding hydrogens is 168 g/mol. The van der Waals surface area contributed by atoms with Crippen molar-refractivity contribution in [3.05, 3.63) is 24.0 Å².